The average molecular weight is 532 g/mol. The summed E-state index contributed by atoms with van der Waals surface area (Å²) in [4.78, 5) is 26.1. The van der Waals surface area contributed by atoms with Gasteiger partial charge in [-0.2, -0.15) is 5.10 Å². The monoisotopic (exact) mass is 531 g/mol. The Bertz CT molecular complexity index is 1480. The molecule has 0 spiro atoms. The van der Waals surface area contributed by atoms with Crippen molar-refractivity contribution < 1.29 is 13.6 Å². The fraction of sp³-hybridized carbons (Fsp3) is 0.379. The number of piperidine rings is 1. The molecular weight excluding hydrogens is 500 g/mol. The number of hydrogen-bond acceptors (Lipinski definition) is 6. The minimum Gasteiger partial charge on any atom is -0.357 e. The van der Waals surface area contributed by atoms with Gasteiger partial charge in [-0.05, 0) is 60.2 Å². The Morgan fingerprint density at radius 1 is 1.08 bits per heavy atom. The Kier molecular flexibility index (Phi) is 6.72. The third-order valence-electron chi connectivity index (χ3n) is 7.67. The Morgan fingerprint density at radius 2 is 1.92 bits per heavy atom. The number of pyridine rings is 2. The predicted octanol–water partition coefficient (Wildman–Crippen LogP) is 5.35. The summed E-state index contributed by atoms with van der Waals surface area (Å²) in [6.07, 6.45) is 7.33. The maximum Gasteiger partial charge on any atom is 0.276 e. The van der Waals surface area contributed by atoms with Gasteiger partial charge in [0.05, 0.1) is 23.9 Å². The molecule has 1 amide bonds. The largest absolute Gasteiger partial charge is 0.357 e. The van der Waals surface area contributed by atoms with E-state index in [1.54, 1.807) is 23.5 Å². The van der Waals surface area contributed by atoms with Gasteiger partial charge in [0.25, 0.3) is 11.8 Å². The molecule has 0 saturated carbocycles. The van der Waals surface area contributed by atoms with E-state index in [2.05, 4.69) is 37.3 Å². The quantitative estimate of drug-likeness (QED) is 0.349. The fourth-order valence-corrected chi connectivity index (χ4v) is 5.37. The molecule has 2 saturated heterocycles. The number of aromatic nitrogens is 4. The van der Waals surface area contributed by atoms with E-state index in [1.165, 1.54) is 0 Å². The lowest BCUT2D eigenvalue weighted by Gasteiger charge is -2.31. The van der Waals surface area contributed by atoms with Crippen molar-refractivity contribution in [1.82, 2.24) is 25.1 Å². The van der Waals surface area contributed by atoms with Gasteiger partial charge in [0.2, 0.25) is 0 Å². The maximum atomic E-state index is 13.6. The van der Waals surface area contributed by atoms with Crippen LogP contribution in [0.3, 0.4) is 0 Å². The van der Waals surface area contributed by atoms with E-state index in [4.69, 9.17) is 0 Å². The number of carbonyl (C=O) groups is 1. The Balaban J connectivity index is 1.17. The zero-order valence-corrected chi connectivity index (χ0v) is 21.8. The number of amides is 1. The van der Waals surface area contributed by atoms with Crippen LogP contribution >= 0.6 is 0 Å². The molecule has 2 aliphatic heterocycles. The minimum atomic E-state index is -2.63. The molecule has 2 N–H and O–H groups in total. The van der Waals surface area contributed by atoms with Crippen molar-refractivity contribution in [2.45, 2.75) is 38.7 Å². The zero-order chi connectivity index (χ0) is 27.0. The van der Waals surface area contributed by atoms with Gasteiger partial charge < -0.3 is 10.2 Å². The standard InChI is InChI=1S/C29H31F2N7O/c1-19-6-9-38(10-7-19)26-5-3-23(16-33-26)34-28(39)27-24-13-21(2-4-25(24)35-36-27)22-12-20(14-32-15-22)17-37-11-8-29(30,31)18-37/h2-5,12-16,19H,6-11,17-18H2,1H3,(H,34,39)(H,35,36). The number of anilines is 2. The SMILES string of the molecule is CC1CCN(c2ccc(NC(=O)c3n[nH]c4ccc(-c5cncc(CN6CCC(F)(F)C6)c5)cc34)cn2)CC1. The van der Waals surface area contributed by atoms with Gasteiger partial charge in [0.15, 0.2) is 5.69 Å². The molecule has 6 rings (SSSR count). The predicted molar refractivity (Wildman–Crippen MR) is 147 cm³/mol. The first-order valence-corrected chi connectivity index (χ1v) is 13.4. The van der Waals surface area contributed by atoms with Gasteiger partial charge in [-0.3, -0.25) is 19.8 Å². The molecule has 0 bridgehead atoms. The second-order valence-electron chi connectivity index (χ2n) is 10.8. The summed E-state index contributed by atoms with van der Waals surface area (Å²) in [6, 6.07) is 11.5. The average Bonchev–Trinajstić information content (AvgIpc) is 3.51. The lowest BCUT2D eigenvalue weighted by molar-refractivity contribution is 0.0115. The second kappa shape index (κ2) is 10.3. The summed E-state index contributed by atoms with van der Waals surface area (Å²) < 4.78 is 27.2. The van der Waals surface area contributed by atoms with Crippen LogP contribution in [0.1, 0.15) is 42.2 Å². The van der Waals surface area contributed by atoms with E-state index >= 15 is 0 Å². The van der Waals surface area contributed by atoms with Crippen molar-refractivity contribution in [3.63, 3.8) is 0 Å². The van der Waals surface area contributed by atoms with Crippen molar-refractivity contribution in [1.29, 1.82) is 0 Å². The normalized spacial score (nSPS) is 18.1. The number of rotatable bonds is 6. The van der Waals surface area contributed by atoms with Crippen LogP contribution in [0.4, 0.5) is 20.3 Å². The number of H-pyrrole nitrogens is 1. The minimum absolute atomic E-state index is 0.111. The summed E-state index contributed by atoms with van der Waals surface area (Å²) in [5.74, 6) is -1.29. The first-order valence-electron chi connectivity index (χ1n) is 13.4. The van der Waals surface area contributed by atoms with Crippen LogP contribution < -0.4 is 10.2 Å². The molecule has 2 aliphatic rings. The first kappa shape index (κ1) is 25.4. The van der Waals surface area contributed by atoms with Gasteiger partial charge >= 0.3 is 0 Å². The zero-order valence-electron chi connectivity index (χ0n) is 21.8. The molecule has 5 heterocycles. The highest BCUT2D eigenvalue weighted by molar-refractivity contribution is 6.11. The molecule has 1 aromatic carbocycles. The lowest BCUT2D eigenvalue weighted by atomic mass is 9.99. The fourth-order valence-electron chi connectivity index (χ4n) is 5.37. The number of fused-ring (bicyclic) bond motifs is 1. The molecule has 8 nitrogen and oxygen atoms in total. The van der Waals surface area contributed by atoms with Crippen molar-refractivity contribution in [3.05, 3.63) is 66.2 Å². The van der Waals surface area contributed by atoms with Gasteiger partial charge in [-0.15, -0.1) is 0 Å². The molecule has 202 valence electrons. The number of nitrogens with zero attached hydrogens (tertiary/aromatic N) is 5. The highest BCUT2D eigenvalue weighted by Gasteiger charge is 2.37. The van der Waals surface area contributed by atoms with E-state index in [0.29, 0.717) is 24.2 Å². The highest BCUT2D eigenvalue weighted by Crippen LogP contribution is 2.30. The van der Waals surface area contributed by atoms with Gasteiger partial charge in [0, 0.05) is 55.9 Å². The van der Waals surface area contributed by atoms with E-state index < -0.39 is 5.92 Å². The summed E-state index contributed by atoms with van der Waals surface area (Å²) in [5.41, 5.74) is 4.20. The van der Waals surface area contributed by atoms with Gasteiger partial charge in [-0.1, -0.05) is 13.0 Å². The van der Waals surface area contributed by atoms with Crippen LogP contribution in [-0.2, 0) is 6.54 Å². The molecule has 2 fully saturated rings. The van der Waals surface area contributed by atoms with Gasteiger partial charge in [-0.25, -0.2) is 13.8 Å². The smallest absolute Gasteiger partial charge is 0.276 e. The number of nitrogens with one attached hydrogen (secondary N) is 2. The molecule has 3 aromatic heterocycles. The molecule has 0 radical (unpaired) electrons. The van der Waals surface area contributed by atoms with Crippen LogP contribution in [0.5, 0.6) is 0 Å². The third kappa shape index (κ3) is 5.61. The number of benzene rings is 1. The summed E-state index contributed by atoms with van der Waals surface area (Å²) in [6.45, 7) is 4.82. The summed E-state index contributed by atoms with van der Waals surface area (Å²) in [7, 11) is 0. The number of carbonyl (C=O) groups excluding carboxylic acids is 1. The number of aromatic amines is 1. The molecule has 10 heteroatoms. The lowest BCUT2D eigenvalue weighted by Crippen LogP contribution is -2.33. The van der Waals surface area contributed by atoms with Crippen LogP contribution in [0.25, 0.3) is 22.0 Å². The number of halogens is 2. The van der Waals surface area contributed by atoms with Crippen LogP contribution in [-0.4, -0.2) is 63.1 Å². The summed E-state index contributed by atoms with van der Waals surface area (Å²) >= 11 is 0. The Hall–Kier alpha value is -3.92. The van der Waals surface area contributed by atoms with Crippen LogP contribution in [0.2, 0.25) is 0 Å². The van der Waals surface area contributed by atoms with Crippen molar-refractivity contribution in [2.24, 2.45) is 5.92 Å². The highest BCUT2D eigenvalue weighted by atomic mass is 19.3. The first-order chi connectivity index (χ1) is 18.8. The molecule has 0 atom stereocenters. The van der Waals surface area contributed by atoms with Crippen molar-refractivity contribution >= 4 is 28.3 Å². The Morgan fingerprint density at radius 3 is 2.67 bits per heavy atom. The summed E-state index contributed by atoms with van der Waals surface area (Å²) in [5, 5.41) is 10.8. The van der Waals surface area contributed by atoms with E-state index in [9.17, 15) is 13.6 Å². The maximum absolute atomic E-state index is 13.6. The molecule has 0 aliphatic carbocycles. The molecule has 4 aromatic rings. The number of hydrogen-bond donors (Lipinski definition) is 2. The van der Waals surface area contributed by atoms with Crippen LogP contribution in [0, 0.1) is 5.92 Å². The van der Waals surface area contributed by atoms with E-state index in [0.717, 1.165) is 59.9 Å². The van der Waals surface area contributed by atoms with E-state index in [-0.39, 0.29) is 24.6 Å². The van der Waals surface area contributed by atoms with Crippen molar-refractivity contribution in [3.8, 4) is 11.1 Å². The molecule has 39 heavy (non-hydrogen) atoms. The van der Waals surface area contributed by atoms with Gasteiger partial charge in [0.1, 0.15) is 5.82 Å². The van der Waals surface area contributed by atoms with Crippen molar-refractivity contribution in [2.75, 3.05) is 36.4 Å². The number of alkyl halides is 2. The number of likely N-dealkylation sites (tertiary alicyclic amines) is 1. The Labute approximate surface area is 225 Å². The van der Waals surface area contributed by atoms with Crippen LogP contribution in [0.15, 0.2) is 55.0 Å². The molecule has 0 unspecified atom stereocenters. The van der Waals surface area contributed by atoms with E-state index in [1.807, 2.05) is 36.4 Å². The third-order valence-corrected chi connectivity index (χ3v) is 7.67. The molecular formula is C29H31F2N7O. The second-order valence-corrected chi connectivity index (χ2v) is 10.8. The topological polar surface area (TPSA) is 90.0 Å².